The van der Waals surface area contributed by atoms with Crippen LogP contribution >= 0.6 is 0 Å². The molecule has 1 saturated heterocycles. The Morgan fingerprint density at radius 1 is 1.43 bits per heavy atom. The molecule has 0 aromatic heterocycles. The molecule has 2 N–H and O–H groups in total. The third-order valence-corrected chi connectivity index (χ3v) is 3.43. The van der Waals surface area contributed by atoms with Gasteiger partial charge in [0.1, 0.15) is 24.9 Å². The topological polar surface area (TPSA) is 124 Å². The van der Waals surface area contributed by atoms with E-state index in [0.29, 0.717) is 5.90 Å². The minimum atomic E-state index is -1.29. The molecule has 3 rings (SSSR count). The average Bonchev–Trinajstić information content (AvgIpc) is 3.01. The predicted octanol–water partition coefficient (Wildman–Crippen LogP) is -0.564. The SMILES string of the molecule is CC1=N[C@@H]2[C@H]([C@H](O)[C@H]3COC(=O)O3)OC(C(=O)O)=C[C@H]2O1. The summed E-state index contributed by atoms with van der Waals surface area (Å²) in [6.45, 7) is 1.49. The van der Waals surface area contributed by atoms with E-state index in [1.54, 1.807) is 6.92 Å². The van der Waals surface area contributed by atoms with Gasteiger partial charge in [0.25, 0.3) is 0 Å². The van der Waals surface area contributed by atoms with E-state index >= 15 is 0 Å². The molecule has 0 bridgehead atoms. The fourth-order valence-electron chi connectivity index (χ4n) is 2.49. The molecule has 0 spiro atoms. The lowest BCUT2D eigenvalue weighted by molar-refractivity contribution is -0.143. The van der Waals surface area contributed by atoms with Crippen LogP contribution in [0.3, 0.4) is 0 Å². The fourth-order valence-corrected chi connectivity index (χ4v) is 2.49. The zero-order valence-electron chi connectivity index (χ0n) is 11.0. The summed E-state index contributed by atoms with van der Waals surface area (Å²) in [6.07, 6.45) is -3.46. The summed E-state index contributed by atoms with van der Waals surface area (Å²) in [6, 6.07) is -0.609. The Hall–Kier alpha value is -2.29. The van der Waals surface area contributed by atoms with Crippen molar-refractivity contribution in [2.24, 2.45) is 4.99 Å². The number of carboxylic acids is 1. The predicted molar refractivity (Wildman–Crippen MR) is 64.6 cm³/mol. The van der Waals surface area contributed by atoms with Crippen molar-refractivity contribution in [1.29, 1.82) is 0 Å². The van der Waals surface area contributed by atoms with Crippen LogP contribution in [0.25, 0.3) is 0 Å². The Morgan fingerprint density at radius 3 is 2.81 bits per heavy atom. The molecule has 9 nitrogen and oxygen atoms in total. The van der Waals surface area contributed by atoms with Gasteiger partial charge in [0.2, 0.25) is 5.76 Å². The maximum atomic E-state index is 11.1. The van der Waals surface area contributed by atoms with E-state index in [9.17, 15) is 14.7 Å². The molecule has 3 aliphatic heterocycles. The van der Waals surface area contributed by atoms with Gasteiger partial charge in [0, 0.05) is 13.0 Å². The summed E-state index contributed by atoms with van der Waals surface area (Å²) in [5.41, 5.74) is 0. The highest BCUT2D eigenvalue weighted by molar-refractivity contribution is 5.85. The third-order valence-electron chi connectivity index (χ3n) is 3.43. The quantitative estimate of drug-likeness (QED) is 0.664. The Bertz CT molecular complexity index is 541. The first-order valence-electron chi connectivity index (χ1n) is 6.30. The number of cyclic esters (lactones) is 2. The van der Waals surface area contributed by atoms with Gasteiger partial charge in [0.05, 0.1) is 0 Å². The summed E-state index contributed by atoms with van der Waals surface area (Å²) >= 11 is 0. The number of hydrogen-bond acceptors (Lipinski definition) is 8. The number of aliphatic carboxylic acids is 1. The molecule has 3 aliphatic rings. The van der Waals surface area contributed by atoms with Crippen LogP contribution in [0.1, 0.15) is 6.92 Å². The van der Waals surface area contributed by atoms with Gasteiger partial charge in [-0.15, -0.1) is 0 Å². The third kappa shape index (κ3) is 2.40. The Balaban J connectivity index is 1.84. The van der Waals surface area contributed by atoms with Crippen molar-refractivity contribution < 1.29 is 38.7 Å². The number of carboxylic acid groups (broad SMARTS) is 1. The number of carbonyl (C=O) groups is 2. The second-order valence-electron chi connectivity index (χ2n) is 4.85. The standard InChI is InChI=1S/C12H13NO8/c1-4-13-8-5(19-4)2-6(11(15)16)20-10(8)9(14)7-3-18-12(17)21-7/h2,5,7-10,14H,3H2,1H3,(H,15,16)/t5-,7-,8+,9-,10-/m1/s1. The van der Waals surface area contributed by atoms with Crippen LogP contribution in [0.4, 0.5) is 4.79 Å². The highest BCUT2D eigenvalue weighted by Crippen LogP contribution is 2.31. The molecule has 0 aromatic rings. The summed E-state index contributed by atoms with van der Waals surface area (Å²) in [5, 5.41) is 19.4. The molecule has 9 heteroatoms. The first-order chi connectivity index (χ1) is 9.95. The largest absolute Gasteiger partial charge is 0.508 e. The van der Waals surface area contributed by atoms with Gasteiger partial charge in [-0.3, -0.25) is 0 Å². The summed E-state index contributed by atoms with van der Waals surface area (Å²) < 4.78 is 20.1. The van der Waals surface area contributed by atoms with Crippen LogP contribution < -0.4 is 0 Å². The molecule has 1 fully saturated rings. The number of aliphatic hydroxyl groups is 1. The van der Waals surface area contributed by atoms with Crippen molar-refractivity contribution in [3.63, 3.8) is 0 Å². The van der Waals surface area contributed by atoms with Crippen LogP contribution in [-0.2, 0) is 23.7 Å². The summed E-state index contributed by atoms with van der Waals surface area (Å²) in [4.78, 5) is 26.2. The second kappa shape index (κ2) is 4.92. The van der Waals surface area contributed by atoms with E-state index in [1.165, 1.54) is 6.08 Å². The molecule has 0 amide bonds. The van der Waals surface area contributed by atoms with E-state index < -0.39 is 42.6 Å². The van der Waals surface area contributed by atoms with Crippen molar-refractivity contribution in [3.8, 4) is 0 Å². The van der Waals surface area contributed by atoms with Crippen LogP contribution in [-0.4, -0.2) is 65.3 Å². The average molecular weight is 299 g/mol. The normalized spacial score (nSPS) is 35.4. The van der Waals surface area contributed by atoms with Crippen LogP contribution in [0, 0.1) is 0 Å². The Kier molecular flexibility index (Phi) is 3.20. The number of nitrogens with zero attached hydrogens (tertiary/aromatic N) is 1. The highest BCUT2D eigenvalue weighted by Gasteiger charge is 2.49. The molecule has 0 saturated carbocycles. The molecule has 0 unspecified atom stereocenters. The van der Waals surface area contributed by atoms with Gasteiger partial charge < -0.3 is 29.2 Å². The minimum absolute atomic E-state index is 0.132. The molecular formula is C12H13NO8. The van der Waals surface area contributed by atoms with E-state index in [-0.39, 0.29) is 12.4 Å². The van der Waals surface area contributed by atoms with Gasteiger partial charge in [-0.2, -0.15) is 0 Å². The van der Waals surface area contributed by atoms with Crippen molar-refractivity contribution in [2.45, 2.75) is 37.4 Å². The molecule has 5 atom stereocenters. The van der Waals surface area contributed by atoms with Crippen LogP contribution in [0.2, 0.25) is 0 Å². The van der Waals surface area contributed by atoms with Gasteiger partial charge in [-0.05, 0) is 0 Å². The lowest BCUT2D eigenvalue weighted by atomic mass is 9.95. The van der Waals surface area contributed by atoms with Crippen molar-refractivity contribution >= 4 is 18.0 Å². The van der Waals surface area contributed by atoms with E-state index in [2.05, 4.69) is 9.73 Å². The molecule has 21 heavy (non-hydrogen) atoms. The number of aliphatic imine (C=N–C) groups is 1. The number of fused-ring (bicyclic) bond motifs is 1. The molecule has 0 aromatic carbocycles. The number of rotatable bonds is 3. The molecule has 114 valence electrons. The zero-order valence-corrected chi connectivity index (χ0v) is 11.0. The van der Waals surface area contributed by atoms with E-state index in [0.717, 1.165) is 0 Å². The number of aliphatic hydroxyl groups excluding tert-OH is 1. The second-order valence-corrected chi connectivity index (χ2v) is 4.85. The smallest absolute Gasteiger partial charge is 0.478 e. The zero-order chi connectivity index (χ0) is 15.1. The van der Waals surface area contributed by atoms with Crippen LogP contribution in [0.15, 0.2) is 16.8 Å². The lowest BCUT2D eigenvalue weighted by Gasteiger charge is -2.33. The Labute approximate surface area is 118 Å². The molecule has 0 radical (unpaired) electrons. The van der Waals surface area contributed by atoms with E-state index in [1.807, 2.05) is 0 Å². The highest BCUT2D eigenvalue weighted by atomic mass is 16.8. The molecular weight excluding hydrogens is 286 g/mol. The number of carbonyl (C=O) groups excluding carboxylic acids is 1. The summed E-state index contributed by atoms with van der Waals surface area (Å²) in [5.74, 6) is -1.25. The lowest BCUT2D eigenvalue weighted by Crippen LogP contribution is -2.51. The number of hydrogen-bond donors (Lipinski definition) is 2. The van der Waals surface area contributed by atoms with E-state index in [4.69, 9.17) is 19.3 Å². The molecule has 0 aliphatic carbocycles. The van der Waals surface area contributed by atoms with Gasteiger partial charge >= 0.3 is 12.1 Å². The first kappa shape index (κ1) is 13.7. The van der Waals surface area contributed by atoms with Gasteiger partial charge in [-0.1, -0.05) is 0 Å². The number of ether oxygens (including phenoxy) is 4. The first-order valence-corrected chi connectivity index (χ1v) is 6.30. The van der Waals surface area contributed by atoms with Crippen LogP contribution in [0.5, 0.6) is 0 Å². The summed E-state index contributed by atoms with van der Waals surface area (Å²) in [7, 11) is 0. The monoisotopic (exact) mass is 299 g/mol. The fraction of sp³-hybridized carbons (Fsp3) is 0.583. The van der Waals surface area contributed by atoms with Gasteiger partial charge in [-0.25, -0.2) is 14.6 Å². The Morgan fingerprint density at radius 2 is 2.19 bits per heavy atom. The van der Waals surface area contributed by atoms with Crippen molar-refractivity contribution in [1.82, 2.24) is 0 Å². The van der Waals surface area contributed by atoms with Crippen molar-refractivity contribution in [3.05, 3.63) is 11.8 Å². The van der Waals surface area contributed by atoms with Crippen molar-refractivity contribution in [2.75, 3.05) is 6.61 Å². The maximum absolute atomic E-state index is 11.1. The maximum Gasteiger partial charge on any atom is 0.508 e. The molecule has 3 heterocycles. The van der Waals surface area contributed by atoms with Gasteiger partial charge in [0.15, 0.2) is 18.1 Å². The minimum Gasteiger partial charge on any atom is -0.478 e.